The van der Waals surface area contributed by atoms with E-state index in [0.717, 1.165) is 42.9 Å². The minimum atomic E-state index is -0.0271. The number of amidine groups is 1. The topological polar surface area (TPSA) is 64.8 Å². The summed E-state index contributed by atoms with van der Waals surface area (Å²) in [5.41, 5.74) is 1.98. The Balaban J connectivity index is 0.00000108. The van der Waals surface area contributed by atoms with Crippen LogP contribution in [0.5, 0.6) is 11.5 Å². The third kappa shape index (κ3) is 1.88. The Morgan fingerprint density at radius 3 is 2.82 bits per heavy atom. The summed E-state index contributed by atoms with van der Waals surface area (Å²) in [7, 11) is 0. The van der Waals surface area contributed by atoms with Crippen molar-refractivity contribution in [1.29, 1.82) is 0 Å². The maximum atomic E-state index is 9.77. The normalized spacial score (nSPS) is 21.4. The van der Waals surface area contributed by atoms with Gasteiger partial charge >= 0.3 is 0 Å². The molecule has 0 radical (unpaired) electrons. The average Bonchev–Trinajstić information content (AvgIpc) is 2.91. The number of hydrogen-bond acceptors (Lipinski definition) is 4. The van der Waals surface area contributed by atoms with Gasteiger partial charge in [0, 0.05) is 18.0 Å². The summed E-state index contributed by atoms with van der Waals surface area (Å²) in [6.45, 7) is 1.75. The molecule has 1 unspecified atom stereocenters. The molecule has 1 aliphatic heterocycles. The molecule has 0 saturated carbocycles. The third-order valence-electron chi connectivity index (χ3n) is 3.39. The standard InChI is InChI=1S/C12H14N2O2.BrH/c15-10-4-3-7-8(11(10)16)1-2-9(7)12-13-5-6-14-12;/h3-4,9,15-16H,1-2,5-6H2,(H,13,14);1H. The number of phenols is 2. The first-order chi connectivity index (χ1) is 7.77. The SMILES string of the molecule is Br.Oc1ccc2c(c1O)CCC2C1=NCCN1. The van der Waals surface area contributed by atoms with Crippen LogP contribution >= 0.6 is 17.0 Å². The highest BCUT2D eigenvalue weighted by Crippen LogP contribution is 2.42. The van der Waals surface area contributed by atoms with E-state index in [1.165, 1.54) is 0 Å². The lowest BCUT2D eigenvalue weighted by Crippen LogP contribution is -2.24. The number of fused-ring (bicyclic) bond motifs is 1. The predicted molar refractivity (Wildman–Crippen MR) is 71.5 cm³/mol. The first-order valence-corrected chi connectivity index (χ1v) is 5.59. The summed E-state index contributed by atoms with van der Waals surface area (Å²) in [6.07, 6.45) is 1.76. The number of halogens is 1. The van der Waals surface area contributed by atoms with Crippen molar-refractivity contribution in [2.45, 2.75) is 18.8 Å². The van der Waals surface area contributed by atoms with Gasteiger partial charge in [-0.3, -0.25) is 4.99 Å². The zero-order chi connectivity index (χ0) is 11.1. The van der Waals surface area contributed by atoms with Crippen LogP contribution in [0, 0.1) is 0 Å². The van der Waals surface area contributed by atoms with E-state index in [-0.39, 0.29) is 34.4 Å². The van der Waals surface area contributed by atoms with E-state index in [2.05, 4.69) is 10.3 Å². The van der Waals surface area contributed by atoms with E-state index in [1.807, 2.05) is 6.07 Å². The molecule has 2 aliphatic rings. The van der Waals surface area contributed by atoms with Gasteiger partial charge in [-0.25, -0.2) is 0 Å². The van der Waals surface area contributed by atoms with Gasteiger partial charge in [-0.15, -0.1) is 17.0 Å². The number of aliphatic imine (C=N–C) groups is 1. The highest BCUT2D eigenvalue weighted by atomic mass is 79.9. The van der Waals surface area contributed by atoms with Crippen LogP contribution in [0.3, 0.4) is 0 Å². The van der Waals surface area contributed by atoms with Gasteiger partial charge in [0.05, 0.1) is 6.54 Å². The van der Waals surface area contributed by atoms with Crippen molar-refractivity contribution in [2.75, 3.05) is 13.1 Å². The van der Waals surface area contributed by atoms with Crippen LogP contribution in [-0.4, -0.2) is 29.1 Å². The van der Waals surface area contributed by atoms with Crippen LogP contribution in [0.15, 0.2) is 17.1 Å². The van der Waals surface area contributed by atoms with Crippen molar-refractivity contribution in [3.63, 3.8) is 0 Å². The lowest BCUT2D eigenvalue weighted by Gasteiger charge is -2.12. The Labute approximate surface area is 110 Å². The summed E-state index contributed by atoms with van der Waals surface area (Å²) in [5, 5.41) is 22.5. The zero-order valence-corrected chi connectivity index (χ0v) is 11.0. The molecule has 3 rings (SSSR count). The number of aromatic hydroxyl groups is 2. The van der Waals surface area contributed by atoms with Gasteiger partial charge < -0.3 is 15.5 Å². The van der Waals surface area contributed by atoms with Gasteiger partial charge in [0.1, 0.15) is 5.84 Å². The van der Waals surface area contributed by atoms with Gasteiger partial charge in [0.2, 0.25) is 0 Å². The second-order valence-electron chi connectivity index (χ2n) is 4.29. The molecule has 0 saturated heterocycles. The van der Waals surface area contributed by atoms with Crippen molar-refractivity contribution in [3.8, 4) is 11.5 Å². The van der Waals surface area contributed by atoms with E-state index in [0.29, 0.717) is 0 Å². The van der Waals surface area contributed by atoms with Crippen molar-refractivity contribution >= 4 is 22.8 Å². The molecule has 1 aromatic carbocycles. The van der Waals surface area contributed by atoms with Gasteiger partial charge in [0.25, 0.3) is 0 Å². The van der Waals surface area contributed by atoms with Crippen molar-refractivity contribution in [1.82, 2.24) is 5.32 Å². The molecule has 0 aromatic heterocycles. The van der Waals surface area contributed by atoms with Gasteiger partial charge in [-0.1, -0.05) is 6.07 Å². The van der Waals surface area contributed by atoms with Crippen molar-refractivity contribution in [3.05, 3.63) is 23.3 Å². The number of benzene rings is 1. The number of hydrogen-bond donors (Lipinski definition) is 3. The number of nitrogens with one attached hydrogen (secondary N) is 1. The minimum Gasteiger partial charge on any atom is -0.504 e. The molecule has 3 N–H and O–H groups in total. The molecule has 1 aliphatic carbocycles. The van der Waals surface area contributed by atoms with Crippen LogP contribution in [0.4, 0.5) is 0 Å². The van der Waals surface area contributed by atoms with Crippen molar-refractivity contribution in [2.24, 2.45) is 4.99 Å². The molecule has 0 bridgehead atoms. The number of phenolic OH excluding ortho intramolecular Hbond substituents is 2. The van der Waals surface area contributed by atoms with E-state index < -0.39 is 0 Å². The van der Waals surface area contributed by atoms with Gasteiger partial charge in [-0.2, -0.15) is 0 Å². The minimum absolute atomic E-state index is 0. The maximum absolute atomic E-state index is 9.77. The van der Waals surface area contributed by atoms with Gasteiger partial charge in [-0.05, 0) is 24.5 Å². The quantitative estimate of drug-likeness (QED) is 0.692. The van der Waals surface area contributed by atoms with Crippen LogP contribution < -0.4 is 5.32 Å². The zero-order valence-electron chi connectivity index (χ0n) is 9.31. The predicted octanol–water partition coefficient (Wildman–Crippen LogP) is 1.71. The molecular weight excluding hydrogens is 284 g/mol. The lowest BCUT2D eigenvalue weighted by atomic mass is 9.99. The van der Waals surface area contributed by atoms with Crippen LogP contribution in [0.25, 0.3) is 0 Å². The third-order valence-corrected chi connectivity index (χ3v) is 3.39. The smallest absolute Gasteiger partial charge is 0.160 e. The molecule has 1 aromatic rings. The van der Waals surface area contributed by atoms with E-state index in [4.69, 9.17) is 0 Å². The molecule has 5 heteroatoms. The number of rotatable bonds is 1. The van der Waals surface area contributed by atoms with Gasteiger partial charge in [0.15, 0.2) is 11.5 Å². The molecule has 1 atom stereocenters. The van der Waals surface area contributed by atoms with E-state index in [1.54, 1.807) is 6.07 Å². The average molecular weight is 299 g/mol. The first kappa shape index (κ1) is 12.2. The molecule has 1 heterocycles. The highest BCUT2D eigenvalue weighted by Gasteiger charge is 2.30. The first-order valence-electron chi connectivity index (χ1n) is 5.59. The lowest BCUT2D eigenvalue weighted by molar-refractivity contribution is 0.400. The van der Waals surface area contributed by atoms with E-state index >= 15 is 0 Å². The monoisotopic (exact) mass is 298 g/mol. The fourth-order valence-electron chi connectivity index (χ4n) is 2.61. The fourth-order valence-corrected chi connectivity index (χ4v) is 2.61. The highest BCUT2D eigenvalue weighted by molar-refractivity contribution is 8.93. The summed E-state index contributed by atoms with van der Waals surface area (Å²) in [4.78, 5) is 4.43. The fraction of sp³-hybridized carbons (Fsp3) is 0.417. The second-order valence-corrected chi connectivity index (χ2v) is 4.29. The molecular formula is C12H15BrN2O2. The molecule has 92 valence electrons. The summed E-state index contributed by atoms with van der Waals surface area (Å²) >= 11 is 0. The van der Waals surface area contributed by atoms with E-state index in [9.17, 15) is 10.2 Å². The van der Waals surface area contributed by atoms with Crippen molar-refractivity contribution < 1.29 is 10.2 Å². The van der Waals surface area contributed by atoms with Crippen LogP contribution in [0.2, 0.25) is 0 Å². The molecule has 0 amide bonds. The Morgan fingerprint density at radius 2 is 2.12 bits per heavy atom. The Morgan fingerprint density at radius 1 is 1.29 bits per heavy atom. The second kappa shape index (κ2) is 4.56. The van der Waals surface area contributed by atoms with Crippen LogP contribution in [-0.2, 0) is 6.42 Å². The Hall–Kier alpha value is -1.23. The molecule has 17 heavy (non-hydrogen) atoms. The summed E-state index contributed by atoms with van der Waals surface area (Å²) in [5.74, 6) is 1.31. The number of nitrogens with zero attached hydrogens (tertiary/aromatic N) is 1. The largest absolute Gasteiger partial charge is 0.504 e. The Kier molecular flexibility index (Phi) is 3.28. The molecule has 0 fully saturated rings. The molecule has 0 spiro atoms. The molecule has 4 nitrogen and oxygen atoms in total. The summed E-state index contributed by atoms with van der Waals surface area (Å²) < 4.78 is 0. The summed E-state index contributed by atoms with van der Waals surface area (Å²) in [6, 6.07) is 3.45. The maximum Gasteiger partial charge on any atom is 0.160 e. The Bertz CT molecular complexity index is 474. The van der Waals surface area contributed by atoms with Crippen LogP contribution in [0.1, 0.15) is 23.5 Å².